The van der Waals surface area contributed by atoms with E-state index in [0.717, 1.165) is 61.7 Å². The lowest BCUT2D eigenvalue weighted by Gasteiger charge is -2.50. The van der Waals surface area contributed by atoms with Crippen molar-refractivity contribution in [2.75, 3.05) is 33.4 Å². The number of fused-ring (bicyclic) bond motifs is 4. The van der Waals surface area contributed by atoms with Crippen molar-refractivity contribution >= 4 is 28.1 Å². The molecule has 1 N–H and O–H groups in total. The van der Waals surface area contributed by atoms with Crippen molar-refractivity contribution in [1.29, 1.82) is 0 Å². The van der Waals surface area contributed by atoms with Crippen LogP contribution in [0.3, 0.4) is 0 Å². The van der Waals surface area contributed by atoms with Crippen molar-refractivity contribution in [1.82, 2.24) is 19.4 Å². The first-order chi connectivity index (χ1) is 17.0. The molecule has 0 unspecified atom stereocenters. The van der Waals surface area contributed by atoms with Gasteiger partial charge in [-0.3, -0.25) is 9.69 Å². The summed E-state index contributed by atoms with van der Waals surface area (Å²) >= 11 is 1.66. The standard InChI is InChI=1S/C27H34N4O3S/c1-29-21-14-19(34-2)5-6-20(21)25-26(29)22(16-32)31(15-23-28-9-12-35-23)17-27(25)7-10-30(11-8-27)24(33)13-18-3-4-18/h5-6,9,12,14,18,22,32H,3-4,7-8,10-11,13,15-17H2,1-2H3/t22-/m1/s1. The zero-order valence-electron chi connectivity index (χ0n) is 20.6. The second kappa shape index (κ2) is 8.91. The third-order valence-corrected chi connectivity index (χ3v) is 9.24. The van der Waals surface area contributed by atoms with Crippen LogP contribution >= 0.6 is 11.3 Å². The fourth-order valence-electron chi connectivity index (χ4n) is 6.42. The molecule has 1 aromatic carbocycles. The van der Waals surface area contributed by atoms with Gasteiger partial charge in [0.05, 0.1) is 31.8 Å². The van der Waals surface area contributed by atoms with Crippen molar-refractivity contribution in [3.05, 3.63) is 46.0 Å². The fourth-order valence-corrected chi connectivity index (χ4v) is 7.07. The molecule has 8 heteroatoms. The molecule has 2 aromatic heterocycles. The molecule has 3 aromatic rings. The molecule has 2 fully saturated rings. The molecule has 1 amide bonds. The Kier molecular flexibility index (Phi) is 5.86. The van der Waals surface area contributed by atoms with Crippen LogP contribution in [0.2, 0.25) is 0 Å². The van der Waals surface area contributed by atoms with Crippen LogP contribution in [0, 0.1) is 5.92 Å². The predicted octanol–water partition coefficient (Wildman–Crippen LogP) is 3.85. The number of hydrogen-bond donors (Lipinski definition) is 1. The van der Waals surface area contributed by atoms with Gasteiger partial charge in [0.25, 0.3) is 0 Å². The van der Waals surface area contributed by atoms with Crippen LogP contribution in [0.5, 0.6) is 5.75 Å². The fraction of sp³-hybridized carbons (Fsp3) is 0.556. The molecular formula is C27H34N4O3S. The molecule has 186 valence electrons. The van der Waals surface area contributed by atoms with E-state index in [1.54, 1.807) is 18.4 Å². The molecule has 3 aliphatic rings. The van der Waals surface area contributed by atoms with Crippen molar-refractivity contribution in [2.24, 2.45) is 13.0 Å². The lowest BCUT2D eigenvalue weighted by atomic mass is 9.68. The molecule has 2 aliphatic heterocycles. The third kappa shape index (κ3) is 3.96. The first kappa shape index (κ1) is 23.0. The van der Waals surface area contributed by atoms with Gasteiger partial charge in [-0.05, 0) is 49.3 Å². The highest BCUT2D eigenvalue weighted by Crippen LogP contribution is 2.50. The van der Waals surface area contributed by atoms with Crippen LogP contribution in [0.1, 0.15) is 54.4 Å². The normalized spacial score (nSPS) is 22.0. The van der Waals surface area contributed by atoms with E-state index in [1.165, 1.54) is 29.5 Å². The second-order valence-corrected chi connectivity index (χ2v) is 11.5. The first-order valence-corrected chi connectivity index (χ1v) is 13.6. The maximum atomic E-state index is 12.9. The van der Waals surface area contributed by atoms with Crippen LogP contribution in [0.4, 0.5) is 0 Å². The largest absolute Gasteiger partial charge is 0.497 e. The molecule has 4 heterocycles. The van der Waals surface area contributed by atoms with Gasteiger partial charge < -0.3 is 19.3 Å². The number of aliphatic hydroxyl groups is 1. The van der Waals surface area contributed by atoms with E-state index in [0.29, 0.717) is 11.8 Å². The predicted molar refractivity (Wildman–Crippen MR) is 137 cm³/mol. The molecule has 6 rings (SSSR count). The summed E-state index contributed by atoms with van der Waals surface area (Å²) in [5.41, 5.74) is 3.62. The summed E-state index contributed by atoms with van der Waals surface area (Å²) in [6.07, 6.45) is 6.87. The van der Waals surface area contributed by atoms with Gasteiger partial charge in [-0.25, -0.2) is 4.98 Å². The van der Waals surface area contributed by atoms with Crippen molar-refractivity contribution in [3.8, 4) is 5.75 Å². The lowest BCUT2D eigenvalue weighted by molar-refractivity contribution is -0.133. The summed E-state index contributed by atoms with van der Waals surface area (Å²) in [7, 11) is 3.81. The van der Waals surface area contributed by atoms with E-state index in [2.05, 4.69) is 38.5 Å². The average Bonchev–Trinajstić information content (AvgIpc) is 3.44. The van der Waals surface area contributed by atoms with Gasteiger partial charge >= 0.3 is 0 Å². The summed E-state index contributed by atoms with van der Waals surface area (Å²) in [6.45, 7) is 3.24. The van der Waals surface area contributed by atoms with Crippen molar-refractivity contribution in [3.63, 3.8) is 0 Å². The Labute approximate surface area is 210 Å². The van der Waals surface area contributed by atoms with E-state index in [1.807, 2.05) is 17.6 Å². The number of thiazole rings is 1. The van der Waals surface area contributed by atoms with E-state index in [9.17, 15) is 9.90 Å². The Bertz CT molecular complexity index is 1230. The average molecular weight is 495 g/mol. The number of methoxy groups -OCH3 is 1. The minimum atomic E-state index is -0.0996. The van der Waals surface area contributed by atoms with Crippen LogP contribution < -0.4 is 4.74 Å². The number of aromatic nitrogens is 2. The maximum Gasteiger partial charge on any atom is 0.222 e. The zero-order valence-corrected chi connectivity index (χ0v) is 21.4. The molecule has 1 spiro atoms. The van der Waals surface area contributed by atoms with E-state index >= 15 is 0 Å². The number of nitrogens with zero attached hydrogens (tertiary/aromatic N) is 4. The number of hydrogen-bond acceptors (Lipinski definition) is 6. The molecular weight excluding hydrogens is 460 g/mol. The van der Waals surface area contributed by atoms with Gasteiger partial charge in [0.2, 0.25) is 5.91 Å². The number of likely N-dealkylation sites (tertiary alicyclic amines) is 1. The van der Waals surface area contributed by atoms with Crippen molar-refractivity contribution < 1.29 is 14.6 Å². The summed E-state index contributed by atoms with van der Waals surface area (Å²) in [5.74, 6) is 1.78. The van der Waals surface area contributed by atoms with Gasteiger partial charge in [-0.15, -0.1) is 11.3 Å². The summed E-state index contributed by atoms with van der Waals surface area (Å²) in [5, 5.41) is 15.0. The van der Waals surface area contributed by atoms with Crippen LogP contribution in [-0.2, 0) is 23.8 Å². The Hall–Kier alpha value is -2.42. The molecule has 0 bridgehead atoms. The number of piperidine rings is 1. The highest BCUT2D eigenvalue weighted by molar-refractivity contribution is 7.09. The Morgan fingerprint density at radius 1 is 1.29 bits per heavy atom. The third-order valence-electron chi connectivity index (χ3n) is 8.47. The molecule has 1 saturated carbocycles. The van der Waals surface area contributed by atoms with Crippen LogP contribution in [0.25, 0.3) is 10.9 Å². The Morgan fingerprint density at radius 2 is 2.09 bits per heavy atom. The number of carbonyl (C=O) groups excluding carboxylic acids is 1. The van der Waals surface area contributed by atoms with E-state index in [4.69, 9.17) is 4.74 Å². The van der Waals surface area contributed by atoms with Gasteiger partial charge in [0.1, 0.15) is 10.8 Å². The number of carbonyl (C=O) groups is 1. The van der Waals surface area contributed by atoms with E-state index in [-0.39, 0.29) is 18.1 Å². The topological polar surface area (TPSA) is 70.8 Å². The van der Waals surface area contributed by atoms with Crippen LogP contribution in [0.15, 0.2) is 29.8 Å². The second-order valence-electron chi connectivity index (χ2n) is 10.5. The maximum absolute atomic E-state index is 12.9. The number of aryl methyl sites for hydroxylation is 1. The molecule has 35 heavy (non-hydrogen) atoms. The number of benzene rings is 1. The smallest absolute Gasteiger partial charge is 0.222 e. The minimum absolute atomic E-state index is 0.0573. The Morgan fingerprint density at radius 3 is 2.74 bits per heavy atom. The number of amides is 1. The summed E-state index contributed by atoms with van der Waals surface area (Å²) in [4.78, 5) is 21.9. The quantitative estimate of drug-likeness (QED) is 0.564. The van der Waals surface area contributed by atoms with Gasteiger partial charge in [0.15, 0.2) is 0 Å². The highest BCUT2D eigenvalue weighted by atomic mass is 32.1. The highest BCUT2D eigenvalue weighted by Gasteiger charge is 2.48. The van der Waals surface area contributed by atoms with Gasteiger partial charge in [-0.1, -0.05) is 0 Å². The molecule has 7 nitrogen and oxygen atoms in total. The SMILES string of the molecule is COc1ccc2c3c(n(C)c2c1)[C@@H](CO)N(Cc1nccs1)CC31CCN(C(=O)CC2CC2)CC1. The van der Waals surface area contributed by atoms with Gasteiger partial charge in [0, 0.05) is 67.2 Å². The first-order valence-electron chi connectivity index (χ1n) is 12.7. The monoisotopic (exact) mass is 494 g/mol. The van der Waals surface area contributed by atoms with Crippen LogP contribution in [-0.4, -0.2) is 63.7 Å². The molecule has 0 radical (unpaired) electrons. The Balaban J connectivity index is 1.42. The summed E-state index contributed by atoms with van der Waals surface area (Å²) in [6, 6.07) is 6.23. The lowest BCUT2D eigenvalue weighted by Crippen LogP contribution is -2.54. The zero-order chi connectivity index (χ0) is 24.2. The van der Waals surface area contributed by atoms with E-state index < -0.39 is 0 Å². The number of aliphatic hydroxyl groups excluding tert-OH is 1. The molecule has 1 aliphatic carbocycles. The summed E-state index contributed by atoms with van der Waals surface area (Å²) < 4.78 is 7.80. The minimum Gasteiger partial charge on any atom is -0.497 e. The number of ether oxygens (including phenoxy) is 1. The number of rotatable bonds is 6. The van der Waals surface area contributed by atoms with Crippen molar-refractivity contribution in [2.45, 2.75) is 50.1 Å². The molecule has 1 saturated heterocycles. The van der Waals surface area contributed by atoms with Gasteiger partial charge in [-0.2, -0.15) is 0 Å². The molecule has 1 atom stereocenters.